The minimum Gasteiger partial charge on any atom is -0.494 e. The molecule has 4 nitrogen and oxygen atoms in total. The zero-order valence-electron chi connectivity index (χ0n) is 11.2. The first-order chi connectivity index (χ1) is 9.20. The predicted molar refractivity (Wildman–Crippen MR) is 72.4 cm³/mol. The van der Waals surface area contributed by atoms with Crippen molar-refractivity contribution in [1.29, 1.82) is 0 Å². The minimum atomic E-state index is -0.0155. The lowest BCUT2D eigenvalue weighted by Crippen LogP contribution is -2.39. The molecule has 0 radical (unpaired) electrons. The molecule has 0 spiro atoms. The van der Waals surface area contributed by atoms with Crippen molar-refractivity contribution in [1.82, 2.24) is 4.90 Å². The van der Waals surface area contributed by atoms with Crippen LogP contribution in [0.2, 0.25) is 0 Å². The summed E-state index contributed by atoms with van der Waals surface area (Å²) < 4.78 is 5.33. The van der Waals surface area contributed by atoms with Gasteiger partial charge in [0.2, 0.25) is 5.91 Å². The molecule has 0 atom stereocenters. The number of Topliss-reactive ketones (excluding diaryl/α,β-unsaturated/α-hetero) is 1. The van der Waals surface area contributed by atoms with Gasteiger partial charge in [0.15, 0.2) is 5.78 Å². The molecule has 0 bridgehead atoms. The summed E-state index contributed by atoms with van der Waals surface area (Å²) in [5.41, 5.74) is 0.627. The Hall–Kier alpha value is -1.84. The molecule has 2 rings (SSSR count). The van der Waals surface area contributed by atoms with E-state index >= 15 is 0 Å². The number of hydrogen-bond donors (Lipinski definition) is 0. The van der Waals surface area contributed by atoms with Gasteiger partial charge in [-0.25, -0.2) is 0 Å². The number of hydrogen-bond acceptors (Lipinski definition) is 3. The van der Waals surface area contributed by atoms with Crippen molar-refractivity contribution in [2.24, 2.45) is 0 Å². The van der Waals surface area contributed by atoms with Gasteiger partial charge in [0, 0.05) is 18.5 Å². The van der Waals surface area contributed by atoms with Crippen LogP contribution >= 0.6 is 0 Å². The smallest absolute Gasteiger partial charge is 0.222 e. The summed E-state index contributed by atoms with van der Waals surface area (Å²) in [6.45, 7) is 3.41. The van der Waals surface area contributed by atoms with Crippen molar-refractivity contribution in [2.75, 3.05) is 19.7 Å². The Morgan fingerprint density at radius 1 is 1.26 bits per heavy atom. The highest BCUT2D eigenvalue weighted by Crippen LogP contribution is 2.15. The standard InChI is InChI=1S/C15H19NO3/c1-2-19-13-8-6-12(7-9-13)14(17)11-16-10-4-3-5-15(16)18/h6-9H,2-5,10-11H2,1H3. The summed E-state index contributed by atoms with van der Waals surface area (Å²) in [7, 11) is 0. The van der Waals surface area contributed by atoms with Gasteiger partial charge < -0.3 is 9.64 Å². The van der Waals surface area contributed by atoms with Crippen LogP contribution < -0.4 is 4.74 Å². The fraction of sp³-hybridized carbons (Fsp3) is 0.467. The molecule has 1 heterocycles. The molecule has 1 amide bonds. The second kappa shape index (κ2) is 6.36. The van der Waals surface area contributed by atoms with Crippen molar-refractivity contribution in [3.8, 4) is 5.75 Å². The van der Waals surface area contributed by atoms with Gasteiger partial charge in [-0.2, -0.15) is 0 Å². The van der Waals surface area contributed by atoms with Gasteiger partial charge in [0.25, 0.3) is 0 Å². The van der Waals surface area contributed by atoms with Crippen molar-refractivity contribution in [3.05, 3.63) is 29.8 Å². The number of nitrogens with zero attached hydrogens (tertiary/aromatic N) is 1. The molecule has 1 aliphatic rings. The highest BCUT2D eigenvalue weighted by atomic mass is 16.5. The quantitative estimate of drug-likeness (QED) is 0.764. The molecular weight excluding hydrogens is 242 g/mol. The lowest BCUT2D eigenvalue weighted by molar-refractivity contribution is -0.132. The maximum Gasteiger partial charge on any atom is 0.222 e. The van der Waals surface area contributed by atoms with Gasteiger partial charge >= 0.3 is 0 Å². The molecule has 0 aromatic heterocycles. The van der Waals surface area contributed by atoms with Gasteiger partial charge in [-0.1, -0.05) is 0 Å². The summed E-state index contributed by atoms with van der Waals surface area (Å²) in [5, 5.41) is 0. The van der Waals surface area contributed by atoms with Crippen LogP contribution in [0.5, 0.6) is 5.75 Å². The summed E-state index contributed by atoms with van der Waals surface area (Å²) in [6, 6.07) is 7.08. The summed E-state index contributed by atoms with van der Waals surface area (Å²) in [5.74, 6) is 0.830. The molecule has 0 N–H and O–H groups in total. The van der Waals surface area contributed by atoms with Crippen molar-refractivity contribution >= 4 is 11.7 Å². The average Bonchev–Trinajstić information content (AvgIpc) is 2.42. The Kier molecular flexibility index (Phi) is 4.55. The van der Waals surface area contributed by atoms with Crippen LogP contribution in [0, 0.1) is 0 Å². The van der Waals surface area contributed by atoms with E-state index in [1.54, 1.807) is 29.2 Å². The number of benzene rings is 1. The maximum absolute atomic E-state index is 12.1. The number of amides is 1. The molecular formula is C15H19NO3. The van der Waals surface area contributed by atoms with Gasteiger partial charge in [-0.3, -0.25) is 9.59 Å². The van der Waals surface area contributed by atoms with Gasteiger partial charge in [0.05, 0.1) is 13.2 Å². The first-order valence-electron chi connectivity index (χ1n) is 6.74. The van der Waals surface area contributed by atoms with Crippen LogP contribution in [0.4, 0.5) is 0 Å². The maximum atomic E-state index is 12.1. The van der Waals surface area contributed by atoms with Crippen LogP contribution in [-0.2, 0) is 4.79 Å². The molecule has 1 aromatic carbocycles. The zero-order valence-corrected chi connectivity index (χ0v) is 11.2. The summed E-state index contributed by atoms with van der Waals surface area (Å²) in [4.78, 5) is 25.4. The zero-order chi connectivity index (χ0) is 13.7. The Morgan fingerprint density at radius 2 is 2.00 bits per heavy atom. The predicted octanol–water partition coefficient (Wildman–Crippen LogP) is 2.28. The van der Waals surface area contributed by atoms with Crippen molar-refractivity contribution in [3.63, 3.8) is 0 Å². The lowest BCUT2D eigenvalue weighted by atomic mass is 10.1. The Morgan fingerprint density at radius 3 is 2.63 bits per heavy atom. The molecule has 1 aliphatic heterocycles. The lowest BCUT2D eigenvalue weighted by Gasteiger charge is -2.25. The molecule has 19 heavy (non-hydrogen) atoms. The first kappa shape index (κ1) is 13.6. The third-order valence-electron chi connectivity index (χ3n) is 3.24. The van der Waals surface area contributed by atoms with E-state index in [2.05, 4.69) is 0 Å². The van der Waals surface area contributed by atoms with Gasteiger partial charge in [-0.15, -0.1) is 0 Å². The molecule has 0 aliphatic carbocycles. The van der Waals surface area contributed by atoms with E-state index in [-0.39, 0.29) is 18.2 Å². The van der Waals surface area contributed by atoms with Crippen molar-refractivity contribution < 1.29 is 14.3 Å². The van der Waals surface area contributed by atoms with E-state index in [9.17, 15) is 9.59 Å². The summed E-state index contributed by atoms with van der Waals surface area (Å²) in [6.07, 6.45) is 2.49. The molecule has 1 fully saturated rings. The van der Waals surface area contributed by atoms with Gasteiger partial charge in [0.1, 0.15) is 5.75 Å². The van der Waals surface area contributed by atoms with E-state index in [0.717, 1.165) is 18.6 Å². The van der Waals surface area contributed by atoms with Crippen LogP contribution in [-0.4, -0.2) is 36.3 Å². The molecule has 0 saturated carbocycles. The third kappa shape index (κ3) is 3.56. The van der Waals surface area contributed by atoms with Crippen molar-refractivity contribution in [2.45, 2.75) is 26.2 Å². The Bertz CT molecular complexity index is 453. The normalized spacial score (nSPS) is 15.4. The average molecular weight is 261 g/mol. The highest BCUT2D eigenvalue weighted by Gasteiger charge is 2.20. The van der Waals surface area contributed by atoms with Crippen LogP contribution in [0.1, 0.15) is 36.5 Å². The number of rotatable bonds is 5. The second-order valence-corrected chi connectivity index (χ2v) is 4.65. The topological polar surface area (TPSA) is 46.6 Å². The first-order valence-corrected chi connectivity index (χ1v) is 6.74. The number of piperidine rings is 1. The Labute approximate surface area is 113 Å². The summed E-state index contributed by atoms with van der Waals surface area (Å²) >= 11 is 0. The van der Waals surface area contributed by atoms with Crippen LogP contribution in [0.25, 0.3) is 0 Å². The number of ether oxygens (including phenoxy) is 1. The number of carbonyl (C=O) groups excluding carboxylic acids is 2. The molecule has 4 heteroatoms. The van der Waals surface area contributed by atoms with E-state index in [1.807, 2.05) is 6.92 Å². The highest BCUT2D eigenvalue weighted by molar-refractivity contribution is 5.99. The van der Waals surface area contributed by atoms with Crippen LogP contribution in [0.3, 0.4) is 0 Å². The van der Waals surface area contributed by atoms with E-state index < -0.39 is 0 Å². The van der Waals surface area contributed by atoms with E-state index in [0.29, 0.717) is 25.1 Å². The SMILES string of the molecule is CCOc1ccc(C(=O)CN2CCCCC2=O)cc1. The number of likely N-dealkylation sites (tertiary alicyclic amines) is 1. The molecule has 102 valence electrons. The fourth-order valence-electron chi connectivity index (χ4n) is 2.20. The third-order valence-corrected chi connectivity index (χ3v) is 3.24. The molecule has 0 unspecified atom stereocenters. The monoisotopic (exact) mass is 261 g/mol. The Balaban J connectivity index is 1.97. The largest absolute Gasteiger partial charge is 0.494 e. The second-order valence-electron chi connectivity index (χ2n) is 4.65. The molecule has 1 aromatic rings. The molecule has 1 saturated heterocycles. The van der Waals surface area contributed by atoms with E-state index in [4.69, 9.17) is 4.74 Å². The fourth-order valence-corrected chi connectivity index (χ4v) is 2.20. The van der Waals surface area contributed by atoms with E-state index in [1.165, 1.54) is 0 Å². The van der Waals surface area contributed by atoms with Gasteiger partial charge in [-0.05, 0) is 44.0 Å². The number of carbonyl (C=O) groups is 2. The minimum absolute atomic E-state index is 0.0155. The number of ketones is 1. The van der Waals surface area contributed by atoms with Crippen LogP contribution in [0.15, 0.2) is 24.3 Å².